The van der Waals surface area contributed by atoms with Gasteiger partial charge in [-0.1, -0.05) is 31.9 Å². The summed E-state index contributed by atoms with van der Waals surface area (Å²) >= 11 is 0. The highest BCUT2D eigenvalue weighted by atomic mass is 14.1. The first-order valence-electron chi connectivity index (χ1n) is 4.37. The van der Waals surface area contributed by atoms with Crippen molar-refractivity contribution in [1.82, 2.24) is 0 Å². The Kier molecular flexibility index (Phi) is 3.56. The summed E-state index contributed by atoms with van der Waals surface area (Å²) in [4.78, 5) is 0. The van der Waals surface area contributed by atoms with E-state index in [0.29, 0.717) is 0 Å². The number of hydrogen-bond acceptors (Lipinski definition) is 0. The molecule has 0 aliphatic heterocycles. The lowest BCUT2D eigenvalue weighted by Gasteiger charge is -2.14. The van der Waals surface area contributed by atoms with Crippen LogP contribution >= 0.6 is 0 Å². The summed E-state index contributed by atoms with van der Waals surface area (Å²) in [5, 5.41) is 0. The third kappa shape index (κ3) is 2.55. The maximum atomic E-state index is 3.96. The van der Waals surface area contributed by atoms with Gasteiger partial charge in [0.1, 0.15) is 0 Å². The summed E-state index contributed by atoms with van der Waals surface area (Å²) in [6, 6.07) is 0. The molecule has 0 aromatic rings. The van der Waals surface area contributed by atoms with E-state index in [2.05, 4.69) is 19.1 Å². The molecule has 1 atom stereocenters. The Bertz CT molecular complexity index is 103. The molecule has 10 heavy (non-hydrogen) atoms. The Morgan fingerprint density at radius 3 is 2.80 bits per heavy atom. The van der Waals surface area contributed by atoms with E-state index in [-0.39, 0.29) is 0 Å². The highest BCUT2D eigenvalue weighted by Crippen LogP contribution is 2.20. The van der Waals surface area contributed by atoms with Crippen molar-refractivity contribution in [2.24, 2.45) is 5.92 Å². The van der Waals surface area contributed by atoms with Crippen LogP contribution in [0.15, 0.2) is 12.2 Å². The Balaban J connectivity index is 2.27. The molecule has 0 fully saturated rings. The van der Waals surface area contributed by atoms with Crippen molar-refractivity contribution >= 4 is 0 Å². The van der Waals surface area contributed by atoms with Gasteiger partial charge in [-0.25, -0.2) is 0 Å². The standard InChI is InChI=1S/C10H17/c1-2-10-8-6-4-3-5-7-9-10/h3-4,10H,1-2,5-9H2/b4-3-. The van der Waals surface area contributed by atoms with Crippen LogP contribution in [0.2, 0.25) is 0 Å². The second kappa shape index (κ2) is 4.54. The molecular weight excluding hydrogens is 120 g/mol. The lowest BCUT2D eigenvalue weighted by molar-refractivity contribution is 0.439. The van der Waals surface area contributed by atoms with Crippen LogP contribution in [0, 0.1) is 12.8 Å². The predicted octanol–water partition coefficient (Wildman–Crippen LogP) is 3.35. The fraction of sp³-hybridized carbons (Fsp3) is 0.700. The molecule has 0 bridgehead atoms. The minimum Gasteiger partial charge on any atom is -0.0885 e. The molecule has 1 aliphatic rings. The molecule has 0 saturated carbocycles. The zero-order valence-corrected chi connectivity index (χ0v) is 6.68. The number of hydrogen-bond donors (Lipinski definition) is 0. The van der Waals surface area contributed by atoms with Crippen molar-refractivity contribution in [2.75, 3.05) is 0 Å². The van der Waals surface area contributed by atoms with E-state index in [4.69, 9.17) is 0 Å². The molecule has 0 aromatic heterocycles. The Morgan fingerprint density at radius 2 is 2.00 bits per heavy atom. The van der Waals surface area contributed by atoms with Gasteiger partial charge in [0.25, 0.3) is 0 Å². The highest BCUT2D eigenvalue weighted by molar-refractivity contribution is 4.84. The molecular formula is C10H17. The largest absolute Gasteiger partial charge is 0.0885 e. The second-order valence-corrected chi connectivity index (χ2v) is 3.13. The molecule has 0 aromatic carbocycles. The maximum Gasteiger partial charge on any atom is -0.0348 e. The van der Waals surface area contributed by atoms with E-state index in [0.717, 1.165) is 12.3 Å². The zero-order chi connectivity index (χ0) is 7.23. The monoisotopic (exact) mass is 137 g/mol. The summed E-state index contributed by atoms with van der Waals surface area (Å²) in [6.07, 6.45) is 12.5. The lowest BCUT2D eigenvalue weighted by Crippen LogP contribution is -1.99. The third-order valence-electron chi connectivity index (χ3n) is 2.30. The van der Waals surface area contributed by atoms with Gasteiger partial charge in [0.05, 0.1) is 0 Å². The summed E-state index contributed by atoms with van der Waals surface area (Å²) in [7, 11) is 0. The molecule has 0 amide bonds. The normalized spacial score (nSPS) is 30.7. The third-order valence-corrected chi connectivity index (χ3v) is 2.30. The topological polar surface area (TPSA) is 0 Å². The Morgan fingerprint density at radius 1 is 1.20 bits per heavy atom. The van der Waals surface area contributed by atoms with E-state index >= 15 is 0 Å². The van der Waals surface area contributed by atoms with Gasteiger partial charge in [-0.3, -0.25) is 0 Å². The molecule has 1 radical (unpaired) electrons. The minimum absolute atomic E-state index is 0.907. The van der Waals surface area contributed by atoms with Crippen LogP contribution in [-0.4, -0.2) is 0 Å². The average Bonchev–Trinajstić information content (AvgIpc) is 1.87. The first kappa shape index (κ1) is 7.84. The highest BCUT2D eigenvalue weighted by Gasteiger charge is 2.05. The summed E-state index contributed by atoms with van der Waals surface area (Å²) < 4.78 is 0. The summed E-state index contributed by atoms with van der Waals surface area (Å²) in [6.45, 7) is 3.96. The first-order valence-corrected chi connectivity index (χ1v) is 4.37. The summed E-state index contributed by atoms with van der Waals surface area (Å²) in [5.41, 5.74) is 0. The van der Waals surface area contributed by atoms with Crippen molar-refractivity contribution in [3.05, 3.63) is 19.1 Å². The molecule has 1 unspecified atom stereocenters. The lowest BCUT2D eigenvalue weighted by atomic mass is 9.92. The fourth-order valence-corrected chi connectivity index (χ4v) is 1.53. The van der Waals surface area contributed by atoms with Crippen LogP contribution in [0.4, 0.5) is 0 Å². The predicted molar refractivity (Wildman–Crippen MR) is 45.7 cm³/mol. The second-order valence-electron chi connectivity index (χ2n) is 3.13. The van der Waals surface area contributed by atoms with Gasteiger partial charge in [0.15, 0.2) is 0 Å². The zero-order valence-electron chi connectivity index (χ0n) is 6.68. The van der Waals surface area contributed by atoms with Crippen LogP contribution in [0.1, 0.15) is 38.5 Å². The summed E-state index contributed by atoms with van der Waals surface area (Å²) in [5.74, 6) is 0.907. The first-order chi connectivity index (χ1) is 4.93. The van der Waals surface area contributed by atoms with Gasteiger partial charge in [0.2, 0.25) is 0 Å². The molecule has 0 nitrogen and oxygen atoms in total. The molecule has 0 heteroatoms. The van der Waals surface area contributed by atoms with E-state index in [1.807, 2.05) is 0 Å². The van der Waals surface area contributed by atoms with E-state index in [9.17, 15) is 0 Å². The van der Waals surface area contributed by atoms with Crippen LogP contribution in [-0.2, 0) is 0 Å². The number of allylic oxidation sites excluding steroid dienone is 2. The van der Waals surface area contributed by atoms with Gasteiger partial charge >= 0.3 is 0 Å². The molecule has 0 heterocycles. The average molecular weight is 137 g/mol. The van der Waals surface area contributed by atoms with Crippen molar-refractivity contribution in [2.45, 2.75) is 38.5 Å². The molecule has 0 N–H and O–H groups in total. The quantitative estimate of drug-likeness (QED) is 0.486. The molecule has 0 spiro atoms. The van der Waals surface area contributed by atoms with Gasteiger partial charge in [-0.05, 0) is 31.6 Å². The number of rotatable bonds is 1. The van der Waals surface area contributed by atoms with Gasteiger partial charge in [-0.15, -0.1) is 0 Å². The Hall–Kier alpha value is -0.260. The molecule has 57 valence electrons. The van der Waals surface area contributed by atoms with E-state index in [1.54, 1.807) is 0 Å². The van der Waals surface area contributed by atoms with Crippen LogP contribution in [0.25, 0.3) is 0 Å². The van der Waals surface area contributed by atoms with E-state index in [1.165, 1.54) is 32.1 Å². The smallest absolute Gasteiger partial charge is 0.0348 e. The Labute approximate surface area is 64.3 Å². The van der Waals surface area contributed by atoms with Crippen molar-refractivity contribution in [1.29, 1.82) is 0 Å². The van der Waals surface area contributed by atoms with Crippen molar-refractivity contribution in [3.63, 3.8) is 0 Å². The molecule has 1 aliphatic carbocycles. The molecule has 0 saturated heterocycles. The maximum absolute atomic E-state index is 3.96. The molecule has 1 rings (SSSR count). The van der Waals surface area contributed by atoms with Gasteiger partial charge in [-0.2, -0.15) is 0 Å². The van der Waals surface area contributed by atoms with Crippen LogP contribution in [0.3, 0.4) is 0 Å². The van der Waals surface area contributed by atoms with Crippen LogP contribution in [0.5, 0.6) is 0 Å². The van der Waals surface area contributed by atoms with Gasteiger partial charge in [0, 0.05) is 0 Å². The minimum atomic E-state index is 0.907. The van der Waals surface area contributed by atoms with Crippen molar-refractivity contribution in [3.8, 4) is 0 Å². The fourth-order valence-electron chi connectivity index (χ4n) is 1.53. The van der Waals surface area contributed by atoms with Crippen LogP contribution < -0.4 is 0 Å². The van der Waals surface area contributed by atoms with Gasteiger partial charge < -0.3 is 0 Å². The van der Waals surface area contributed by atoms with Crippen molar-refractivity contribution < 1.29 is 0 Å². The SMILES string of the molecule is [CH2]CC1CC/C=C\CCC1. The van der Waals surface area contributed by atoms with E-state index < -0.39 is 0 Å².